The summed E-state index contributed by atoms with van der Waals surface area (Å²) >= 11 is 0. The third kappa shape index (κ3) is 0.764. The summed E-state index contributed by atoms with van der Waals surface area (Å²) in [5, 5.41) is 0. The smallest absolute Gasteiger partial charge is 0.136 e. The summed E-state index contributed by atoms with van der Waals surface area (Å²) in [6, 6.07) is 0. The van der Waals surface area contributed by atoms with Crippen molar-refractivity contribution < 1.29 is 4.79 Å². The number of ketones is 1. The van der Waals surface area contributed by atoms with Crippen LogP contribution >= 0.6 is 0 Å². The highest BCUT2D eigenvalue weighted by molar-refractivity contribution is 5.86. The van der Waals surface area contributed by atoms with Crippen molar-refractivity contribution in [1.29, 1.82) is 0 Å². The SMILES string of the molecule is C#CC[C@@]12CCC[C@@]13C[C@H]3C(=O)CC2. The summed E-state index contributed by atoms with van der Waals surface area (Å²) in [5.41, 5.74) is 0.759. The molecule has 3 saturated carbocycles. The zero-order chi connectivity index (χ0) is 9.81. The van der Waals surface area contributed by atoms with Gasteiger partial charge in [-0.05, 0) is 36.5 Å². The van der Waals surface area contributed by atoms with E-state index in [4.69, 9.17) is 6.42 Å². The van der Waals surface area contributed by atoms with Crippen LogP contribution in [0.15, 0.2) is 0 Å². The van der Waals surface area contributed by atoms with E-state index in [0.29, 0.717) is 22.5 Å². The first-order valence-corrected chi connectivity index (χ1v) is 5.70. The zero-order valence-electron chi connectivity index (χ0n) is 8.51. The topological polar surface area (TPSA) is 17.1 Å². The molecule has 3 fully saturated rings. The van der Waals surface area contributed by atoms with Gasteiger partial charge in [0.15, 0.2) is 0 Å². The fourth-order valence-electron chi connectivity index (χ4n) is 4.30. The molecule has 0 radical (unpaired) electrons. The Morgan fingerprint density at radius 1 is 1.43 bits per heavy atom. The van der Waals surface area contributed by atoms with Gasteiger partial charge in [-0.3, -0.25) is 4.79 Å². The fraction of sp³-hybridized carbons (Fsp3) is 0.769. The Morgan fingerprint density at radius 3 is 3.07 bits per heavy atom. The van der Waals surface area contributed by atoms with Crippen molar-refractivity contribution in [3.05, 3.63) is 0 Å². The molecule has 1 spiro atoms. The predicted octanol–water partition coefficient (Wildman–Crippen LogP) is 2.55. The lowest BCUT2D eigenvalue weighted by atomic mass is 9.65. The van der Waals surface area contributed by atoms with E-state index in [0.717, 1.165) is 25.7 Å². The first-order valence-electron chi connectivity index (χ1n) is 5.70. The number of Topliss-reactive ketones (excluding diaryl/α,β-unsaturated/α-hetero) is 1. The van der Waals surface area contributed by atoms with Crippen LogP contribution in [0.1, 0.15) is 44.9 Å². The van der Waals surface area contributed by atoms with Crippen molar-refractivity contribution in [3.63, 3.8) is 0 Å². The van der Waals surface area contributed by atoms with Crippen LogP contribution in [0, 0.1) is 29.1 Å². The molecule has 0 aromatic heterocycles. The molecule has 1 heteroatoms. The molecule has 0 N–H and O–H groups in total. The van der Waals surface area contributed by atoms with E-state index >= 15 is 0 Å². The highest BCUT2D eigenvalue weighted by Crippen LogP contribution is 2.76. The number of carbonyl (C=O) groups excluding carboxylic acids is 1. The second-order valence-corrected chi connectivity index (χ2v) is 5.39. The van der Waals surface area contributed by atoms with Gasteiger partial charge in [-0.2, -0.15) is 0 Å². The average Bonchev–Trinajstić information content (AvgIpc) is 2.79. The summed E-state index contributed by atoms with van der Waals surface area (Å²) in [7, 11) is 0. The number of terminal acetylenes is 1. The largest absolute Gasteiger partial charge is 0.299 e. The van der Waals surface area contributed by atoms with Gasteiger partial charge in [-0.1, -0.05) is 6.42 Å². The van der Waals surface area contributed by atoms with Crippen molar-refractivity contribution in [3.8, 4) is 12.3 Å². The molecule has 14 heavy (non-hydrogen) atoms. The van der Waals surface area contributed by atoms with Crippen LogP contribution in [-0.2, 0) is 4.79 Å². The molecular weight excluding hydrogens is 172 g/mol. The maximum Gasteiger partial charge on any atom is 0.136 e. The molecule has 3 rings (SSSR count). The Balaban J connectivity index is 1.98. The molecule has 0 aromatic rings. The molecule has 3 aliphatic rings. The van der Waals surface area contributed by atoms with E-state index in [1.807, 2.05) is 0 Å². The van der Waals surface area contributed by atoms with Crippen molar-refractivity contribution >= 4 is 5.78 Å². The van der Waals surface area contributed by atoms with Crippen molar-refractivity contribution in [2.24, 2.45) is 16.7 Å². The molecule has 0 bridgehead atoms. The molecule has 3 aliphatic carbocycles. The Kier molecular flexibility index (Phi) is 1.48. The zero-order valence-corrected chi connectivity index (χ0v) is 8.51. The third-order valence-corrected chi connectivity index (χ3v) is 5.09. The molecule has 3 atom stereocenters. The normalized spacial score (nSPS) is 49.4. The Labute approximate surface area is 85.3 Å². The van der Waals surface area contributed by atoms with E-state index < -0.39 is 0 Å². The Morgan fingerprint density at radius 2 is 2.29 bits per heavy atom. The van der Waals surface area contributed by atoms with Crippen LogP contribution in [-0.4, -0.2) is 5.78 Å². The first-order chi connectivity index (χ1) is 6.74. The van der Waals surface area contributed by atoms with Crippen molar-refractivity contribution in [1.82, 2.24) is 0 Å². The lowest BCUT2D eigenvalue weighted by molar-refractivity contribution is -0.125. The van der Waals surface area contributed by atoms with Crippen LogP contribution in [0.25, 0.3) is 0 Å². The lowest BCUT2D eigenvalue weighted by Crippen LogP contribution is -2.34. The van der Waals surface area contributed by atoms with Gasteiger partial charge in [0.1, 0.15) is 5.78 Å². The minimum atomic E-state index is 0.375. The maximum atomic E-state index is 11.7. The summed E-state index contributed by atoms with van der Waals surface area (Å²) in [5.74, 6) is 3.79. The van der Waals surface area contributed by atoms with Crippen LogP contribution in [0.2, 0.25) is 0 Å². The highest BCUT2D eigenvalue weighted by atomic mass is 16.1. The van der Waals surface area contributed by atoms with Crippen LogP contribution in [0.3, 0.4) is 0 Å². The van der Waals surface area contributed by atoms with Crippen LogP contribution < -0.4 is 0 Å². The third-order valence-electron chi connectivity index (χ3n) is 5.09. The second kappa shape index (κ2) is 2.42. The number of rotatable bonds is 1. The van der Waals surface area contributed by atoms with E-state index in [1.165, 1.54) is 19.3 Å². The molecule has 0 heterocycles. The van der Waals surface area contributed by atoms with E-state index in [-0.39, 0.29) is 0 Å². The summed E-state index contributed by atoms with van der Waals surface area (Å²) < 4.78 is 0. The van der Waals surface area contributed by atoms with Gasteiger partial charge in [0.25, 0.3) is 0 Å². The van der Waals surface area contributed by atoms with E-state index in [2.05, 4.69) is 5.92 Å². The van der Waals surface area contributed by atoms with Crippen LogP contribution in [0.5, 0.6) is 0 Å². The minimum absolute atomic E-state index is 0.375. The molecule has 0 saturated heterocycles. The summed E-state index contributed by atoms with van der Waals surface area (Å²) in [6.07, 6.45) is 13.3. The quantitative estimate of drug-likeness (QED) is 0.578. The molecule has 0 aromatic carbocycles. The van der Waals surface area contributed by atoms with Gasteiger partial charge in [-0.15, -0.1) is 12.3 Å². The monoisotopic (exact) mass is 188 g/mol. The Hall–Kier alpha value is -0.770. The van der Waals surface area contributed by atoms with E-state index in [1.54, 1.807) is 0 Å². The lowest BCUT2D eigenvalue weighted by Gasteiger charge is -2.38. The number of hydrogen-bond acceptors (Lipinski definition) is 1. The average molecular weight is 188 g/mol. The number of carbonyl (C=O) groups is 1. The fourth-order valence-corrected chi connectivity index (χ4v) is 4.30. The number of hydrogen-bond donors (Lipinski definition) is 0. The molecule has 0 unspecified atom stereocenters. The predicted molar refractivity (Wildman–Crippen MR) is 54.5 cm³/mol. The summed E-state index contributed by atoms with van der Waals surface area (Å²) in [4.78, 5) is 11.7. The first kappa shape index (κ1) is 8.53. The van der Waals surface area contributed by atoms with Crippen LogP contribution in [0.4, 0.5) is 0 Å². The Bertz CT molecular complexity index is 338. The van der Waals surface area contributed by atoms with Gasteiger partial charge in [-0.25, -0.2) is 0 Å². The minimum Gasteiger partial charge on any atom is -0.299 e. The second-order valence-electron chi connectivity index (χ2n) is 5.39. The molecular formula is C13H16O. The van der Waals surface area contributed by atoms with Crippen molar-refractivity contribution in [2.45, 2.75) is 44.9 Å². The molecule has 0 aliphatic heterocycles. The van der Waals surface area contributed by atoms with Gasteiger partial charge in [0.05, 0.1) is 0 Å². The van der Waals surface area contributed by atoms with E-state index in [9.17, 15) is 4.79 Å². The van der Waals surface area contributed by atoms with Gasteiger partial charge in [0.2, 0.25) is 0 Å². The standard InChI is InChI=1S/C13H16O/c1-2-5-12-6-3-7-13(12)9-10(13)11(14)4-8-12/h1,10H,3-9H2/t10-,12-,13-/m0/s1. The maximum absolute atomic E-state index is 11.7. The van der Waals surface area contributed by atoms with Crippen molar-refractivity contribution in [2.75, 3.05) is 0 Å². The van der Waals surface area contributed by atoms with Gasteiger partial charge >= 0.3 is 0 Å². The molecule has 74 valence electrons. The van der Waals surface area contributed by atoms with Gasteiger partial charge < -0.3 is 0 Å². The van der Waals surface area contributed by atoms with Gasteiger partial charge in [0, 0.05) is 18.8 Å². The summed E-state index contributed by atoms with van der Waals surface area (Å²) in [6.45, 7) is 0. The highest BCUT2D eigenvalue weighted by Gasteiger charge is 2.71. The molecule has 0 amide bonds. The molecule has 1 nitrogen and oxygen atoms in total.